The highest BCUT2D eigenvalue weighted by Gasteiger charge is 2.36. The fraction of sp³-hybridized carbons (Fsp3) is 0.667. The van der Waals surface area contributed by atoms with Gasteiger partial charge in [-0.1, -0.05) is 0 Å². The lowest BCUT2D eigenvalue weighted by molar-refractivity contribution is 0.263. The molecule has 0 aromatic carbocycles. The van der Waals surface area contributed by atoms with Crippen LogP contribution in [0.3, 0.4) is 0 Å². The second-order valence-corrected chi connectivity index (χ2v) is 2.24. The van der Waals surface area contributed by atoms with Crippen molar-refractivity contribution in [3.63, 3.8) is 0 Å². The maximum atomic E-state index is 9.81. The smallest absolute Gasteiger partial charge is 0.211 e. The molecule has 1 aliphatic carbocycles. The monoisotopic (exact) mass is 138 g/mol. The number of hydrogen-bond donors (Lipinski definition) is 0. The fourth-order valence-electron chi connectivity index (χ4n) is 0.912. The molecule has 10 heavy (non-hydrogen) atoms. The molecule has 0 radical (unpaired) electrons. The van der Waals surface area contributed by atoms with E-state index in [2.05, 4.69) is 9.98 Å². The van der Waals surface area contributed by atoms with E-state index >= 15 is 0 Å². The Balaban J connectivity index is 2.77. The van der Waals surface area contributed by atoms with Gasteiger partial charge in [-0.25, -0.2) is 9.59 Å². The summed E-state index contributed by atoms with van der Waals surface area (Å²) in [4.78, 5) is 26.4. The van der Waals surface area contributed by atoms with E-state index < -0.39 is 5.66 Å². The van der Waals surface area contributed by atoms with Crippen LogP contribution in [-0.2, 0) is 9.59 Å². The van der Waals surface area contributed by atoms with Crippen molar-refractivity contribution < 1.29 is 9.59 Å². The Bertz CT molecular complexity index is 200. The molecule has 1 saturated carbocycles. The van der Waals surface area contributed by atoms with E-state index in [4.69, 9.17) is 0 Å². The van der Waals surface area contributed by atoms with Crippen LogP contribution in [0.1, 0.15) is 19.3 Å². The number of aliphatic imine (C=N–C) groups is 2. The maximum absolute atomic E-state index is 9.81. The molecule has 0 saturated heterocycles. The number of isocyanates is 2. The third-order valence-electron chi connectivity index (χ3n) is 1.66. The third-order valence-corrected chi connectivity index (χ3v) is 1.66. The fourth-order valence-corrected chi connectivity index (χ4v) is 0.912. The van der Waals surface area contributed by atoms with Gasteiger partial charge in [0.2, 0.25) is 12.2 Å². The first-order valence-electron chi connectivity index (χ1n) is 3.01. The number of carbonyl (C=O) groups excluding carboxylic acids is 2. The molecule has 0 aliphatic heterocycles. The largest absolute Gasteiger partial charge is 0.237 e. The zero-order chi connectivity index (χ0) is 7.45. The summed E-state index contributed by atoms with van der Waals surface area (Å²) in [7, 11) is 0. The normalized spacial score (nSPS) is 19.6. The van der Waals surface area contributed by atoms with E-state index in [1.54, 1.807) is 0 Å². The molecular formula is C6H6N2O2. The molecule has 4 heteroatoms. The van der Waals surface area contributed by atoms with Gasteiger partial charge in [-0.3, -0.25) is 0 Å². The molecule has 0 N–H and O–H groups in total. The van der Waals surface area contributed by atoms with Crippen LogP contribution in [0.25, 0.3) is 0 Å². The summed E-state index contributed by atoms with van der Waals surface area (Å²) in [6.07, 6.45) is 5.08. The number of hydrogen-bond acceptors (Lipinski definition) is 4. The molecule has 4 nitrogen and oxygen atoms in total. The van der Waals surface area contributed by atoms with Crippen LogP contribution in [0.5, 0.6) is 0 Å². The van der Waals surface area contributed by atoms with Crippen molar-refractivity contribution in [3.8, 4) is 0 Å². The Hall–Kier alpha value is -1.24. The first-order valence-corrected chi connectivity index (χ1v) is 3.01. The summed E-state index contributed by atoms with van der Waals surface area (Å²) in [6, 6.07) is 0. The summed E-state index contributed by atoms with van der Waals surface area (Å²) in [5, 5.41) is 0. The van der Waals surface area contributed by atoms with E-state index in [0.717, 1.165) is 6.42 Å². The molecule has 1 aliphatic rings. The molecule has 52 valence electrons. The van der Waals surface area contributed by atoms with Crippen LogP contribution in [0.15, 0.2) is 9.98 Å². The summed E-state index contributed by atoms with van der Waals surface area (Å²) >= 11 is 0. The first kappa shape index (κ1) is 6.87. The Morgan fingerprint density at radius 2 is 1.60 bits per heavy atom. The highest BCUT2D eigenvalue weighted by Crippen LogP contribution is 2.35. The Labute approximate surface area is 57.7 Å². The Morgan fingerprint density at radius 1 is 1.10 bits per heavy atom. The van der Waals surface area contributed by atoms with Crippen molar-refractivity contribution in [1.29, 1.82) is 0 Å². The lowest BCUT2D eigenvalue weighted by atomic mass is 9.86. The average molecular weight is 138 g/mol. The molecule has 1 rings (SSSR count). The molecule has 0 amide bonds. The molecule has 0 bridgehead atoms. The minimum absolute atomic E-state index is 0.664. The molecule has 0 heterocycles. The van der Waals surface area contributed by atoms with Crippen LogP contribution >= 0.6 is 0 Å². The van der Waals surface area contributed by atoms with Gasteiger partial charge in [0, 0.05) is 0 Å². The summed E-state index contributed by atoms with van der Waals surface area (Å²) in [5.41, 5.74) is -0.774. The number of rotatable bonds is 2. The minimum atomic E-state index is -0.774. The zero-order valence-corrected chi connectivity index (χ0v) is 5.33. The molecule has 0 unspecified atom stereocenters. The van der Waals surface area contributed by atoms with Crippen LogP contribution < -0.4 is 0 Å². The van der Waals surface area contributed by atoms with E-state index in [9.17, 15) is 9.59 Å². The molecular weight excluding hydrogens is 132 g/mol. The molecule has 0 spiro atoms. The van der Waals surface area contributed by atoms with Crippen molar-refractivity contribution >= 4 is 12.2 Å². The van der Waals surface area contributed by atoms with Gasteiger partial charge in [0.05, 0.1) is 0 Å². The van der Waals surface area contributed by atoms with Crippen molar-refractivity contribution in [2.24, 2.45) is 9.98 Å². The lowest BCUT2D eigenvalue weighted by Gasteiger charge is -2.30. The maximum Gasteiger partial charge on any atom is 0.237 e. The SMILES string of the molecule is O=C=NC1(N=C=O)CCC1. The van der Waals surface area contributed by atoms with Gasteiger partial charge in [0.25, 0.3) is 0 Å². The highest BCUT2D eigenvalue weighted by molar-refractivity contribution is 5.39. The van der Waals surface area contributed by atoms with Gasteiger partial charge in [-0.2, -0.15) is 9.98 Å². The van der Waals surface area contributed by atoms with Gasteiger partial charge in [0.15, 0.2) is 5.66 Å². The second kappa shape index (κ2) is 2.56. The zero-order valence-electron chi connectivity index (χ0n) is 5.33. The Morgan fingerprint density at radius 3 is 1.80 bits per heavy atom. The van der Waals surface area contributed by atoms with Crippen LogP contribution in [0.2, 0.25) is 0 Å². The summed E-state index contributed by atoms with van der Waals surface area (Å²) < 4.78 is 0. The van der Waals surface area contributed by atoms with E-state index in [0.29, 0.717) is 12.8 Å². The van der Waals surface area contributed by atoms with Gasteiger partial charge in [0.1, 0.15) is 0 Å². The first-order chi connectivity index (χ1) is 4.83. The molecule has 1 fully saturated rings. The van der Waals surface area contributed by atoms with Crippen molar-refractivity contribution in [3.05, 3.63) is 0 Å². The predicted octanol–water partition coefficient (Wildman–Crippen LogP) is 0.538. The van der Waals surface area contributed by atoms with E-state index in [-0.39, 0.29) is 0 Å². The molecule has 0 aromatic rings. The van der Waals surface area contributed by atoms with Gasteiger partial charge < -0.3 is 0 Å². The summed E-state index contributed by atoms with van der Waals surface area (Å²) in [5.74, 6) is 0. The quantitative estimate of drug-likeness (QED) is 0.413. The van der Waals surface area contributed by atoms with Crippen molar-refractivity contribution in [2.75, 3.05) is 0 Å². The van der Waals surface area contributed by atoms with Crippen molar-refractivity contribution in [1.82, 2.24) is 0 Å². The minimum Gasteiger partial charge on any atom is -0.211 e. The van der Waals surface area contributed by atoms with Crippen LogP contribution in [-0.4, -0.2) is 17.8 Å². The highest BCUT2D eigenvalue weighted by atomic mass is 16.1. The van der Waals surface area contributed by atoms with E-state index in [1.165, 1.54) is 12.2 Å². The summed E-state index contributed by atoms with van der Waals surface area (Å²) in [6.45, 7) is 0. The topological polar surface area (TPSA) is 58.9 Å². The third kappa shape index (κ3) is 1.03. The second-order valence-electron chi connectivity index (χ2n) is 2.24. The number of nitrogens with zero attached hydrogens (tertiary/aromatic N) is 2. The average Bonchev–Trinajstić information content (AvgIpc) is 1.84. The van der Waals surface area contributed by atoms with Gasteiger partial charge in [-0.15, -0.1) is 0 Å². The molecule has 0 aromatic heterocycles. The lowest BCUT2D eigenvalue weighted by Crippen LogP contribution is -2.32. The van der Waals surface area contributed by atoms with E-state index in [1.807, 2.05) is 0 Å². The Kier molecular flexibility index (Phi) is 1.76. The standard InChI is InChI=1S/C6H6N2O2/c9-4-7-6(8-5-10)2-1-3-6/h1-3H2. The predicted molar refractivity (Wildman–Crippen MR) is 32.8 cm³/mol. The van der Waals surface area contributed by atoms with Gasteiger partial charge >= 0.3 is 0 Å². The molecule has 0 atom stereocenters. The van der Waals surface area contributed by atoms with Crippen LogP contribution in [0, 0.1) is 0 Å². The van der Waals surface area contributed by atoms with Crippen molar-refractivity contribution in [2.45, 2.75) is 24.9 Å². The van der Waals surface area contributed by atoms with Gasteiger partial charge in [-0.05, 0) is 19.3 Å². The van der Waals surface area contributed by atoms with Crippen LogP contribution in [0.4, 0.5) is 0 Å².